The van der Waals surface area contributed by atoms with Crippen LogP contribution >= 0.6 is 0 Å². The fourth-order valence-corrected chi connectivity index (χ4v) is 2.06. The summed E-state index contributed by atoms with van der Waals surface area (Å²) in [4.78, 5) is 13.2. The van der Waals surface area contributed by atoms with Crippen LogP contribution in [0.5, 0.6) is 0 Å². The van der Waals surface area contributed by atoms with Gasteiger partial charge < -0.3 is 10.1 Å². The molecule has 1 aliphatic heterocycles. The molecule has 4 nitrogen and oxygen atoms in total. The minimum atomic E-state index is -2.33. The average molecular weight is 264 g/mol. The summed E-state index contributed by atoms with van der Waals surface area (Å²) in [6.45, 7) is 6.16. The van der Waals surface area contributed by atoms with E-state index in [1.54, 1.807) is 25.7 Å². The largest absolute Gasteiger partial charge is 0.444 e. The number of halogens is 2. The molecule has 1 fully saturated rings. The first-order valence-electron chi connectivity index (χ1n) is 6.27. The van der Waals surface area contributed by atoms with Gasteiger partial charge in [0.05, 0.1) is 6.54 Å². The second-order valence-electron chi connectivity index (χ2n) is 5.56. The van der Waals surface area contributed by atoms with Gasteiger partial charge in [-0.05, 0) is 40.2 Å². The highest BCUT2D eigenvalue weighted by Gasteiger charge is 2.27. The topological polar surface area (TPSA) is 41.6 Å². The minimum Gasteiger partial charge on any atom is -0.444 e. The fourth-order valence-electron chi connectivity index (χ4n) is 2.06. The van der Waals surface area contributed by atoms with Gasteiger partial charge in [-0.1, -0.05) is 0 Å². The van der Waals surface area contributed by atoms with Gasteiger partial charge in [0.25, 0.3) is 6.43 Å². The highest BCUT2D eigenvalue weighted by atomic mass is 19.3. The number of hydrogen-bond donors (Lipinski definition) is 1. The highest BCUT2D eigenvalue weighted by Crippen LogP contribution is 2.17. The lowest BCUT2D eigenvalue weighted by molar-refractivity contribution is 0.0495. The van der Waals surface area contributed by atoms with Gasteiger partial charge in [0.1, 0.15) is 5.60 Å². The van der Waals surface area contributed by atoms with Crippen molar-refractivity contribution in [1.29, 1.82) is 0 Å². The summed E-state index contributed by atoms with van der Waals surface area (Å²) in [6.07, 6.45) is -1.09. The van der Waals surface area contributed by atoms with E-state index in [0.29, 0.717) is 13.1 Å². The molecule has 1 rings (SSSR count). The second kappa shape index (κ2) is 6.31. The molecule has 1 amide bonds. The summed E-state index contributed by atoms with van der Waals surface area (Å²) in [7, 11) is 0. The number of nitrogens with zero attached hydrogens (tertiary/aromatic N) is 1. The highest BCUT2D eigenvalue weighted by molar-refractivity contribution is 5.67. The van der Waals surface area contributed by atoms with Gasteiger partial charge >= 0.3 is 6.09 Å². The van der Waals surface area contributed by atoms with E-state index in [1.807, 2.05) is 0 Å². The van der Waals surface area contributed by atoms with E-state index < -0.39 is 18.1 Å². The predicted molar refractivity (Wildman–Crippen MR) is 64.8 cm³/mol. The molecule has 1 aliphatic rings. The van der Waals surface area contributed by atoms with Crippen molar-refractivity contribution in [2.75, 3.05) is 19.6 Å². The number of carbonyl (C=O) groups is 1. The third-order valence-electron chi connectivity index (χ3n) is 2.75. The molecule has 6 heteroatoms. The summed E-state index contributed by atoms with van der Waals surface area (Å²) >= 11 is 0. The predicted octanol–water partition coefficient (Wildman–Crippen LogP) is 2.24. The molecule has 1 N–H and O–H groups in total. The molecule has 0 unspecified atom stereocenters. The van der Waals surface area contributed by atoms with Crippen LogP contribution in [0.3, 0.4) is 0 Å². The Morgan fingerprint density at radius 3 is 2.72 bits per heavy atom. The van der Waals surface area contributed by atoms with E-state index in [0.717, 1.165) is 12.8 Å². The summed E-state index contributed by atoms with van der Waals surface area (Å²) in [5.41, 5.74) is -0.539. The van der Waals surface area contributed by atoms with Crippen LogP contribution in [0.4, 0.5) is 13.6 Å². The Bertz CT molecular complexity index is 280. The average Bonchev–Trinajstić information content (AvgIpc) is 2.58. The van der Waals surface area contributed by atoms with Crippen LogP contribution in [0.25, 0.3) is 0 Å². The smallest absolute Gasteiger partial charge is 0.407 e. The van der Waals surface area contributed by atoms with Gasteiger partial charge in [-0.3, -0.25) is 4.90 Å². The maximum Gasteiger partial charge on any atom is 0.407 e. The molecular formula is C12H22F2N2O2. The quantitative estimate of drug-likeness (QED) is 0.846. The lowest BCUT2D eigenvalue weighted by Gasteiger charge is -2.25. The number of ether oxygens (including phenoxy) is 1. The van der Waals surface area contributed by atoms with Crippen molar-refractivity contribution < 1.29 is 18.3 Å². The van der Waals surface area contributed by atoms with E-state index in [1.165, 1.54) is 0 Å². The maximum atomic E-state index is 12.3. The van der Waals surface area contributed by atoms with Crippen LogP contribution in [-0.2, 0) is 4.74 Å². The standard InChI is InChI=1S/C12H22F2N2O2/c1-12(2,3)18-11(17)15-7-9-5-4-6-16(9)8-10(13)14/h9-10H,4-8H2,1-3H3,(H,15,17)/t9-/m1/s1. The normalized spacial score (nSPS) is 21.3. The zero-order valence-corrected chi connectivity index (χ0v) is 11.2. The van der Waals surface area contributed by atoms with Crippen molar-refractivity contribution in [1.82, 2.24) is 10.2 Å². The van der Waals surface area contributed by atoms with E-state index in [9.17, 15) is 13.6 Å². The zero-order valence-electron chi connectivity index (χ0n) is 11.2. The van der Waals surface area contributed by atoms with Crippen LogP contribution in [0.15, 0.2) is 0 Å². The molecule has 0 bridgehead atoms. The molecule has 1 saturated heterocycles. The van der Waals surface area contributed by atoms with Gasteiger partial charge in [-0.25, -0.2) is 13.6 Å². The number of carbonyl (C=O) groups excluding carboxylic acids is 1. The van der Waals surface area contributed by atoms with Gasteiger partial charge in [0, 0.05) is 12.6 Å². The molecule has 0 aromatic rings. The number of alkyl halides is 2. The van der Waals surface area contributed by atoms with E-state index in [2.05, 4.69) is 5.32 Å². The number of likely N-dealkylation sites (tertiary alicyclic amines) is 1. The summed E-state index contributed by atoms with van der Waals surface area (Å²) in [5, 5.41) is 2.64. The van der Waals surface area contributed by atoms with Crippen molar-refractivity contribution >= 4 is 6.09 Å². The Morgan fingerprint density at radius 1 is 1.50 bits per heavy atom. The van der Waals surface area contributed by atoms with E-state index in [-0.39, 0.29) is 12.6 Å². The Hall–Kier alpha value is -0.910. The number of amides is 1. The molecule has 106 valence electrons. The first-order valence-corrected chi connectivity index (χ1v) is 6.27. The van der Waals surface area contributed by atoms with Crippen LogP contribution in [0.2, 0.25) is 0 Å². The Labute approximate surface area is 107 Å². The van der Waals surface area contributed by atoms with Crippen molar-refractivity contribution in [2.24, 2.45) is 0 Å². The summed E-state index contributed by atoms with van der Waals surface area (Å²) in [6, 6.07) is -0.00785. The first-order chi connectivity index (χ1) is 8.28. The summed E-state index contributed by atoms with van der Waals surface area (Å²) < 4.78 is 29.8. The van der Waals surface area contributed by atoms with Crippen LogP contribution in [-0.4, -0.2) is 48.7 Å². The Kier molecular flexibility index (Phi) is 5.31. The van der Waals surface area contributed by atoms with Crippen molar-refractivity contribution in [3.8, 4) is 0 Å². The summed E-state index contributed by atoms with van der Waals surface area (Å²) in [5.74, 6) is 0. The fraction of sp³-hybridized carbons (Fsp3) is 0.917. The van der Waals surface area contributed by atoms with Gasteiger partial charge in [-0.15, -0.1) is 0 Å². The lowest BCUT2D eigenvalue weighted by atomic mass is 10.2. The lowest BCUT2D eigenvalue weighted by Crippen LogP contribution is -2.43. The zero-order chi connectivity index (χ0) is 13.8. The van der Waals surface area contributed by atoms with Crippen LogP contribution in [0, 0.1) is 0 Å². The first kappa shape index (κ1) is 15.1. The second-order valence-corrected chi connectivity index (χ2v) is 5.56. The minimum absolute atomic E-state index is 0.00785. The molecule has 1 heterocycles. The molecule has 0 saturated carbocycles. The van der Waals surface area contributed by atoms with Crippen LogP contribution < -0.4 is 5.32 Å². The van der Waals surface area contributed by atoms with Crippen LogP contribution in [0.1, 0.15) is 33.6 Å². The van der Waals surface area contributed by atoms with Gasteiger partial charge in [-0.2, -0.15) is 0 Å². The van der Waals surface area contributed by atoms with Crippen molar-refractivity contribution in [3.05, 3.63) is 0 Å². The van der Waals surface area contributed by atoms with Crippen molar-refractivity contribution in [3.63, 3.8) is 0 Å². The number of hydrogen-bond acceptors (Lipinski definition) is 3. The molecule has 0 radical (unpaired) electrons. The molecule has 1 atom stereocenters. The molecule has 0 aromatic carbocycles. The maximum absolute atomic E-state index is 12.3. The monoisotopic (exact) mass is 264 g/mol. The van der Waals surface area contributed by atoms with Crippen molar-refractivity contribution in [2.45, 2.75) is 51.7 Å². The molecular weight excluding hydrogens is 242 g/mol. The number of alkyl carbamates (subject to hydrolysis) is 1. The third kappa shape index (κ3) is 5.62. The number of nitrogens with one attached hydrogen (secondary N) is 1. The Balaban J connectivity index is 2.31. The van der Waals surface area contributed by atoms with E-state index >= 15 is 0 Å². The Morgan fingerprint density at radius 2 is 2.17 bits per heavy atom. The van der Waals surface area contributed by atoms with Gasteiger partial charge in [0.15, 0.2) is 0 Å². The van der Waals surface area contributed by atoms with Gasteiger partial charge in [0.2, 0.25) is 0 Å². The molecule has 0 aromatic heterocycles. The molecule has 0 aliphatic carbocycles. The van der Waals surface area contributed by atoms with E-state index in [4.69, 9.17) is 4.74 Å². The third-order valence-corrected chi connectivity index (χ3v) is 2.75. The molecule has 0 spiro atoms. The SMILES string of the molecule is CC(C)(C)OC(=O)NC[C@H]1CCCN1CC(F)F. The number of rotatable bonds is 4. The molecule has 18 heavy (non-hydrogen) atoms.